The van der Waals surface area contributed by atoms with Gasteiger partial charge in [-0.1, -0.05) is 11.7 Å². The molecule has 0 fully saturated rings. The van der Waals surface area contributed by atoms with Gasteiger partial charge in [0.05, 0.1) is 0 Å². The first-order chi connectivity index (χ1) is 3.68. The normalized spacial score (nSPS) is 11.6. The van der Waals surface area contributed by atoms with Crippen molar-refractivity contribution >= 4 is 0 Å². The molecule has 44 valence electrons. The van der Waals surface area contributed by atoms with E-state index in [1.165, 1.54) is 0 Å². The molecule has 0 aromatic carbocycles. The van der Waals surface area contributed by atoms with Crippen molar-refractivity contribution in [3.05, 3.63) is 22.8 Å². The van der Waals surface area contributed by atoms with Crippen LogP contribution in [-0.4, -0.2) is 16.4 Å². The number of aliphatic hydroxyl groups excluding tert-OH is 2. The fourth-order valence-electron chi connectivity index (χ4n) is 0.116. The Hall–Kier alpha value is -1.19. The first-order valence-electron chi connectivity index (χ1n) is 1.78. The Morgan fingerprint density at radius 3 is 2.50 bits per heavy atom. The van der Waals surface area contributed by atoms with E-state index in [1.54, 1.807) is 0 Å². The summed E-state index contributed by atoms with van der Waals surface area (Å²) in [4.78, 5) is 2.21. The van der Waals surface area contributed by atoms with Gasteiger partial charge in [0.25, 0.3) is 0 Å². The van der Waals surface area contributed by atoms with E-state index in [4.69, 9.17) is 15.7 Å². The SMILES string of the molecule is C=C(O)C(O)N=[N+]=[N-]. The van der Waals surface area contributed by atoms with Gasteiger partial charge in [-0.25, -0.2) is 0 Å². The molecule has 0 saturated carbocycles. The van der Waals surface area contributed by atoms with Crippen LogP contribution in [0.25, 0.3) is 10.4 Å². The van der Waals surface area contributed by atoms with Crippen molar-refractivity contribution in [2.24, 2.45) is 5.11 Å². The molecule has 0 spiro atoms. The number of hydrogen-bond acceptors (Lipinski definition) is 3. The molecule has 2 N–H and O–H groups in total. The fourth-order valence-corrected chi connectivity index (χ4v) is 0.116. The molecular formula is C3H5N3O2. The van der Waals surface area contributed by atoms with E-state index in [9.17, 15) is 0 Å². The van der Waals surface area contributed by atoms with Crippen LogP contribution in [0.15, 0.2) is 17.5 Å². The molecule has 0 amide bonds. The number of rotatable bonds is 2. The van der Waals surface area contributed by atoms with Crippen LogP contribution >= 0.6 is 0 Å². The highest BCUT2D eigenvalue weighted by molar-refractivity contribution is 4.86. The Morgan fingerprint density at radius 2 is 2.38 bits per heavy atom. The van der Waals surface area contributed by atoms with Gasteiger partial charge < -0.3 is 10.2 Å². The minimum atomic E-state index is -1.51. The van der Waals surface area contributed by atoms with E-state index < -0.39 is 12.0 Å². The van der Waals surface area contributed by atoms with Crippen molar-refractivity contribution in [1.82, 2.24) is 0 Å². The van der Waals surface area contributed by atoms with Crippen LogP contribution in [0.4, 0.5) is 0 Å². The molecule has 0 bridgehead atoms. The summed E-state index contributed by atoms with van der Waals surface area (Å²) in [6.07, 6.45) is -1.51. The van der Waals surface area contributed by atoms with E-state index in [-0.39, 0.29) is 0 Å². The van der Waals surface area contributed by atoms with Crippen molar-refractivity contribution < 1.29 is 10.2 Å². The smallest absolute Gasteiger partial charge is 0.189 e. The lowest BCUT2D eigenvalue weighted by Crippen LogP contribution is -2.02. The number of aliphatic hydroxyl groups is 2. The van der Waals surface area contributed by atoms with Crippen LogP contribution in [-0.2, 0) is 0 Å². The summed E-state index contributed by atoms with van der Waals surface area (Å²) in [5.41, 5.74) is 7.63. The van der Waals surface area contributed by atoms with Crippen LogP contribution in [0.1, 0.15) is 0 Å². The molecule has 0 aliphatic heterocycles. The van der Waals surface area contributed by atoms with E-state index in [2.05, 4.69) is 16.6 Å². The lowest BCUT2D eigenvalue weighted by Gasteiger charge is -1.96. The topological polar surface area (TPSA) is 89.2 Å². The third-order valence-corrected chi connectivity index (χ3v) is 0.459. The lowest BCUT2D eigenvalue weighted by molar-refractivity contribution is 0.160. The molecule has 1 unspecified atom stereocenters. The summed E-state index contributed by atoms with van der Waals surface area (Å²) >= 11 is 0. The Morgan fingerprint density at radius 1 is 1.88 bits per heavy atom. The van der Waals surface area contributed by atoms with Crippen molar-refractivity contribution in [3.63, 3.8) is 0 Å². The van der Waals surface area contributed by atoms with Crippen LogP contribution in [0.3, 0.4) is 0 Å². The average Bonchev–Trinajstić information content (AvgIpc) is 1.67. The summed E-state index contributed by atoms with van der Waals surface area (Å²) < 4.78 is 0. The van der Waals surface area contributed by atoms with Gasteiger partial charge in [0.2, 0.25) is 0 Å². The Balaban J connectivity index is 3.82. The van der Waals surface area contributed by atoms with Gasteiger partial charge in [-0.05, 0) is 5.53 Å². The number of azide groups is 1. The molecule has 0 aliphatic rings. The van der Waals surface area contributed by atoms with Gasteiger partial charge in [0, 0.05) is 4.91 Å². The second kappa shape index (κ2) is 2.90. The highest BCUT2D eigenvalue weighted by atomic mass is 16.3. The molecule has 0 aromatic rings. The third-order valence-electron chi connectivity index (χ3n) is 0.459. The molecular weight excluding hydrogens is 110 g/mol. The van der Waals surface area contributed by atoms with Gasteiger partial charge >= 0.3 is 0 Å². The van der Waals surface area contributed by atoms with Crippen LogP contribution in [0.5, 0.6) is 0 Å². The first-order valence-corrected chi connectivity index (χ1v) is 1.78. The minimum Gasteiger partial charge on any atom is -0.510 e. The zero-order valence-electron chi connectivity index (χ0n) is 4.02. The predicted octanol–water partition coefficient (Wildman–Crippen LogP) is 0.687. The van der Waals surface area contributed by atoms with Gasteiger partial charge in [0.15, 0.2) is 6.23 Å². The Labute approximate surface area is 45.5 Å². The number of nitrogens with zero attached hydrogens (tertiary/aromatic N) is 3. The molecule has 0 aromatic heterocycles. The average molecular weight is 115 g/mol. The summed E-state index contributed by atoms with van der Waals surface area (Å²) in [5, 5.41) is 19.3. The maximum atomic E-state index is 8.36. The maximum Gasteiger partial charge on any atom is 0.189 e. The van der Waals surface area contributed by atoms with Crippen LogP contribution in [0, 0.1) is 0 Å². The number of hydrogen-bond donors (Lipinski definition) is 2. The molecule has 0 rings (SSSR count). The zero-order valence-corrected chi connectivity index (χ0v) is 4.02. The summed E-state index contributed by atoms with van der Waals surface area (Å²) in [7, 11) is 0. The summed E-state index contributed by atoms with van der Waals surface area (Å²) in [6.45, 7) is 2.91. The van der Waals surface area contributed by atoms with E-state index in [0.717, 1.165) is 0 Å². The van der Waals surface area contributed by atoms with Gasteiger partial charge in [-0.3, -0.25) is 0 Å². The molecule has 8 heavy (non-hydrogen) atoms. The molecule has 0 saturated heterocycles. The Bertz CT molecular complexity index is 135. The summed E-state index contributed by atoms with van der Waals surface area (Å²) in [5.74, 6) is -0.553. The quantitative estimate of drug-likeness (QED) is 0.240. The maximum absolute atomic E-state index is 8.36. The summed E-state index contributed by atoms with van der Waals surface area (Å²) in [6, 6.07) is 0. The standard InChI is InChI=1S/C3H5N3O2/c1-2(7)3(8)5-6-4/h3,7-8H,1H2. The molecule has 5 nitrogen and oxygen atoms in total. The predicted molar refractivity (Wildman–Crippen MR) is 26.9 cm³/mol. The van der Waals surface area contributed by atoms with Crippen LogP contribution < -0.4 is 0 Å². The van der Waals surface area contributed by atoms with Gasteiger partial charge in [-0.2, -0.15) is 0 Å². The third kappa shape index (κ3) is 2.07. The van der Waals surface area contributed by atoms with Crippen molar-refractivity contribution in [3.8, 4) is 0 Å². The van der Waals surface area contributed by atoms with Crippen molar-refractivity contribution in [1.29, 1.82) is 0 Å². The molecule has 0 radical (unpaired) electrons. The van der Waals surface area contributed by atoms with E-state index >= 15 is 0 Å². The first kappa shape index (κ1) is 6.81. The molecule has 0 aliphatic carbocycles. The van der Waals surface area contributed by atoms with Gasteiger partial charge in [0.1, 0.15) is 5.76 Å². The lowest BCUT2D eigenvalue weighted by atomic mass is 10.5. The van der Waals surface area contributed by atoms with Crippen molar-refractivity contribution in [2.45, 2.75) is 6.23 Å². The second-order valence-corrected chi connectivity index (χ2v) is 1.07. The Kier molecular flexibility index (Phi) is 2.47. The molecule has 1 atom stereocenters. The zero-order chi connectivity index (χ0) is 6.57. The van der Waals surface area contributed by atoms with Crippen molar-refractivity contribution in [2.75, 3.05) is 0 Å². The molecule has 5 heteroatoms. The van der Waals surface area contributed by atoms with E-state index in [1.807, 2.05) is 0 Å². The second-order valence-electron chi connectivity index (χ2n) is 1.07. The highest BCUT2D eigenvalue weighted by Gasteiger charge is 2.00. The monoisotopic (exact) mass is 115 g/mol. The highest BCUT2D eigenvalue weighted by Crippen LogP contribution is 1.93. The largest absolute Gasteiger partial charge is 0.510 e. The van der Waals surface area contributed by atoms with E-state index in [0.29, 0.717) is 0 Å². The molecule has 0 heterocycles. The van der Waals surface area contributed by atoms with Gasteiger partial charge in [-0.15, -0.1) is 0 Å². The fraction of sp³-hybridized carbons (Fsp3) is 0.333. The minimum absolute atomic E-state index is 0.553. The van der Waals surface area contributed by atoms with Crippen LogP contribution in [0.2, 0.25) is 0 Å².